The van der Waals surface area contributed by atoms with E-state index in [0.717, 1.165) is 0 Å². The first-order valence-corrected chi connectivity index (χ1v) is 5.56. The second-order valence-corrected chi connectivity index (χ2v) is 4.75. The molecular formula is C13H19NO. The van der Waals surface area contributed by atoms with Gasteiger partial charge in [-0.1, -0.05) is 37.6 Å². The Morgan fingerprint density at radius 1 is 1.40 bits per heavy atom. The molecule has 0 aliphatic carbocycles. The van der Waals surface area contributed by atoms with Crippen LogP contribution in [0.25, 0.3) is 0 Å². The Labute approximate surface area is 91.4 Å². The van der Waals surface area contributed by atoms with Crippen molar-refractivity contribution in [1.82, 2.24) is 0 Å². The normalized spacial score (nSPS) is 25.4. The van der Waals surface area contributed by atoms with Gasteiger partial charge >= 0.3 is 0 Å². The van der Waals surface area contributed by atoms with E-state index in [2.05, 4.69) is 39.0 Å². The zero-order chi connectivity index (χ0) is 11.0. The number of benzene rings is 1. The number of hydrogen-bond donors (Lipinski definition) is 1. The van der Waals surface area contributed by atoms with Crippen molar-refractivity contribution in [1.29, 1.82) is 0 Å². The van der Waals surface area contributed by atoms with Crippen molar-refractivity contribution in [2.24, 2.45) is 11.7 Å². The van der Waals surface area contributed by atoms with Crippen molar-refractivity contribution in [3.8, 4) is 0 Å². The first kappa shape index (κ1) is 10.7. The number of ether oxygens (including phenoxy) is 1. The molecule has 2 unspecified atom stereocenters. The molecule has 0 fully saturated rings. The van der Waals surface area contributed by atoms with Crippen LogP contribution in [-0.2, 0) is 11.3 Å². The summed E-state index contributed by atoms with van der Waals surface area (Å²) in [6.07, 6.45) is 0.152. The van der Waals surface area contributed by atoms with Gasteiger partial charge in [-0.05, 0) is 24.0 Å². The number of nitrogens with two attached hydrogens (primary N) is 1. The number of fused-ring (bicyclic) bond motifs is 1. The van der Waals surface area contributed by atoms with Gasteiger partial charge < -0.3 is 10.5 Å². The van der Waals surface area contributed by atoms with Gasteiger partial charge in [0, 0.05) is 0 Å². The lowest BCUT2D eigenvalue weighted by atomic mass is 9.88. The molecule has 0 spiro atoms. The quantitative estimate of drug-likeness (QED) is 0.764. The third-order valence-corrected chi connectivity index (χ3v) is 3.10. The second-order valence-electron chi connectivity index (χ2n) is 4.75. The molecule has 2 atom stereocenters. The number of rotatable bonds is 1. The average Bonchev–Trinajstić information content (AvgIpc) is 2.19. The molecule has 2 N–H and O–H groups in total. The maximum atomic E-state index is 6.24. The van der Waals surface area contributed by atoms with Gasteiger partial charge in [0.2, 0.25) is 0 Å². The largest absolute Gasteiger partial charge is 0.371 e. The van der Waals surface area contributed by atoms with E-state index < -0.39 is 0 Å². The van der Waals surface area contributed by atoms with Gasteiger partial charge in [-0.15, -0.1) is 0 Å². The van der Waals surface area contributed by atoms with E-state index in [9.17, 15) is 0 Å². The van der Waals surface area contributed by atoms with Crippen LogP contribution in [0.15, 0.2) is 18.2 Å². The third kappa shape index (κ3) is 1.92. The van der Waals surface area contributed by atoms with E-state index in [4.69, 9.17) is 10.5 Å². The van der Waals surface area contributed by atoms with E-state index in [1.165, 1.54) is 16.7 Å². The van der Waals surface area contributed by atoms with Crippen molar-refractivity contribution in [3.63, 3.8) is 0 Å². The molecule has 0 aromatic heterocycles. The number of hydrogen-bond acceptors (Lipinski definition) is 2. The Morgan fingerprint density at radius 2 is 2.13 bits per heavy atom. The van der Waals surface area contributed by atoms with Crippen LogP contribution in [0.3, 0.4) is 0 Å². The lowest BCUT2D eigenvalue weighted by Gasteiger charge is -2.34. The zero-order valence-electron chi connectivity index (χ0n) is 9.66. The van der Waals surface area contributed by atoms with Gasteiger partial charge in [0.15, 0.2) is 0 Å². The zero-order valence-corrected chi connectivity index (χ0v) is 9.66. The molecule has 2 rings (SSSR count). The molecule has 1 aliphatic heterocycles. The molecule has 1 aromatic rings. The van der Waals surface area contributed by atoms with Gasteiger partial charge in [0.1, 0.15) is 0 Å². The van der Waals surface area contributed by atoms with Crippen molar-refractivity contribution in [2.45, 2.75) is 39.5 Å². The van der Waals surface area contributed by atoms with Crippen LogP contribution >= 0.6 is 0 Å². The summed E-state index contributed by atoms with van der Waals surface area (Å²) < 4.78 is 5.79. The molecule has 0 radical (unpaired) electrons. The highest BCUT2D eigenvalue weighted by Crippen LogP contribution is 2.31. The van der Waals surface area contributed by atoms with Gasteiger partial charge in [-0.2, -0.15) is 0 Å². The molecular weight excluding hydrogens is 186 g/mol. The molecule has 0 amide bonds. The molecule has 0 saturated heterocycles. The fourth-order valence-corrected chi connectivity index (χ4v) is 2.23. The minimum absolute atomic E-state index is 0.0219. The number of aryl methyl sites for hydroxylation is 1. The molecule has 1 aromatic carbocycles. The molecule has 0 bridgehead atoms. The van der Waals surface area contributed by atoms with Gasteiger partial charge in [0.05, 0.1) is 18.8 Å². The highest BCUT2D eigenvalue weighted by Gasteiger charge is 2.29. The summed E-state index contributed by atoms with van der Waals surface area (Å²) >= 11 is 0. The molecule has 2 nitrogen and oxygen atoms in total. The van der Waals surface area contributed by atoms with Crippen molar-refractivity contribution in [2.75, 3.05) is 0 Å². The van der Waals surface area contributed by atoms with Crippen LogP contribution in [0.4, 0.5) is 0 Å². The van der Waals surface area contributed by atoms with Crippen molar-refractivity contribution >= 4 is 0 Å². The SMILES string of the molecule is Cc1ccc2c(c1)C(N)C(C(C)C)OC2. The summed E-state index contributed by atoms with van der Waals surface area (Å²) in [7, 11) is 0. The Kier molecular flexibility index (Phi) is 2.81. The summed E-state index contributed by atoms with van der Waals surface area (Å²) in [5.74, 6) is 0.466. The summed E-state index contributed by atoms with van der Waals surface area (Å²) in [5.41, 5.74) is 10.0. The van der Waals surface area contributed by atoms with E-state index in [1.807, 2.05) is 0 Å². The fourth-order valence-electron chi connectivity index (χ4n) is 2.23. The minimum atomic E-state index is 0.0219. The topological polar surface area (TPSA) is 35.2 Å². The van der Waals surface area contributed by atoms with Crippen LogP contribution in [-0.4, -0.2) is 6.10 Å². The molecule has 82 valence electrons. The van der Waals surface area contributed by atoms with E-state index >= 15 is 0 Å². The average molecular weight is 205 g/mol. The van der Waals surface area contributed by atoms with Gasteiger partial charge in [-0.25, -0.2) is 0 Å². The Hall–Kier alpha value is -0.860. The van der Waals surface area contributed by atoms with Crippen LogP contribution in [0.1, 0.15) is 36.6 Å². The summed E-state index contributed by atoms with van der Waals surface area (Å²) in [5, 5.41) is 0. The Bertz CT molecular complexity index is 360. The lowest BCUT2D eigenvalue weighted by molar-refractivity contribution is -0.0195. The summed E-state index contributed by atoms with van der Waals surface area (Å²) in [6, 6.07) is 6.46. The van der Waals surface area contributed by atoms with Crippen LogP contribution < -0.4 is 5.73 Å². The van der Waals surface area contributed by atoms with Crippen molar-refractivity contribution in [3.05, 3.63) is 34.9 Å². The molecule has 1 heterocycles. The first-order chi connectivity index (χ1) is 7.09. The summed E-state index contributed by atoms with van der Waals surface area (Å²) in [4.78, 5) is 0. The first-order valence-electron chi connectivity index (χ1n) is 5.56. The smallest absolute Gasteiger partial charge is 0.0795 e. The predicted molar refractivity (Wildman–Crippen MR) is 61.5 cm³/mol. The Balaban J connectivity index is 2.36. The van der Waals surface area contributed by atoms with Crippen molar-refractivity contribution < 1.29 is 4.74 Å². The predicted octanol–water partition coefficient (Wildman–Crippen LogP) is 2.55. The lowest BCUT2D eigenvalue weighted by Crippen LogP contribution is -2.37. The summed E-state index contributed by atoms with van der Waals surface area (Å²) in [6.45, 7) is 7.12. The molecule has 2 heteroatoms. The second kappa shape index (κ2) is 3.95. The van der Waals surface area contributed by atoms with E-state index in [-0.39, 0.29) is 12.1 Å². The van der Waals surface area contributed by atoms with E-state index in [1.54, 1.807) is 0 Å². The Morgan fingerprint density at radius 3 is 2.80 bits per heavy atom. The monoisotopic (exact) mass is 205 g/mol. The fraction of sp³-hybridized carbons (Fsp3) is 0.538. The van der Waals surface area contributed by atoms with Crippen LogP contribution in [0, 0.1) is 12.8 Å². The third-order valence-electron chi connectivity index (χ3n) is 3.10. The highest BCUT2D eigenvalue weighted by molar-refractivity contribution is 5.35. The van der Waals surface area contributed by atoms with Gasteiger partial charge in [0.25, 0.3) is 0 Å². The van der Waals surface area contributed by atoms with Gasteiger partial charge in [-0.3, -0.25) is 0 Å². The van der Waals surface area contributed by atoms with E-state index in [0.29, 0.717) is 12.5 Å². The van der Waals surface area contributed by atoms with Crippen LogP contribution in [0.2, 0.25) is 0 Å². The maximum absolute atomic E-state index is 6.24. The highest BCUT2D eigenvalue weighted by atomic mass is 16.5. The molecule has 0 saturated carbocycles. The van der Waals surface area contributed by atoms with Crippen LogP contribution in [0.5, 0.6) is 0 Å². The minimum Gasteiger partial charge on any atom is -0.371 e. The standard InChI is InChI=1S/C13H19NO/c1-8(2)13-12(14)11-6-9(3)4-5-10(11)7-15-13/h4-6,8,12-13H,7,14H2,1-3H3. The maximum Gasteiger partial charge on any atom is 0.0795 e. The molecule has 15 heavy (non-hydrogen) atoms. The molecule has 1 aliphatic rings.